The molecular formula is C23H15Cl2NO. The highest BCUT2D eigenvalue weighted by Gasteiger charge is 2.13. The van der Waals surface area contributed by atoms with Crippen LogP contribution in [0.5, 0.6) is 0 Å². The molecule has 0 radical (unpaired) electrons. The van der Waals surface area contributed by atoms with Crippen molar-refractivity contribution in [2.24, 2.45) is 0 Å². The van der Waals surface area contributed by atoms with Crippen LogP contribution in [0.1, 0.15) is 10.4 Å². The Labute approximate surface area is 167 Å². The number of fused-ring (bicyclic) bond motifs is 1. The van der Waals surface area contributed by atoms with Crippen LogP contribution in [0.3, 0.4) is 0 Å². The molecule has 0 aliphatic carbocycles. The maximum Gasteiger partial charge on any atom is 0.257 e. The molecule has 0 saturated carbocycles. The third-order valence-corrected chi connectivity index (χ3v) is 5.01. The summed E-state index contributed by atoms with van der Waals surface area (Å²) in [7, 11) is 0. The number of halogens is 2. The molecule has 0 fully saturated rings. The van der Waals surface area contributed by atoms with Crippen LogP contribution < -0.4 is 5.32 Å². The molecule has 0 heterocycles. The fourth-order valence-corrected chi connectivity index (χ4v) is 3.50. The topological polar surface area (TPSA) is 29.1 Å². The van der Waals surface area contributed by atoms with Gasteiger partial charge in [-0.3, -0.25) is 4.79 Å². The van der Waals surface area contributed by atoms with E-state index in [0.717, 1.165) is 27.6 Å². The van der Waals surface area contributed by atoms with Gasteiger partial charge < -0.3 is 5.32 Å². The molecular weight excluding hydrogens is 377 g/mol. The lowest BCUT2D eigenvalue weighted by molar-refractivity contribution is 0.102. The number of hydrogen-bond donors (Lipinski definition) is 1. The molecule has 0 aromatic heterocycles. The van der Waals surface area contributed by atoms with E-state index in [2.05, 4.69) is 5.32 Å². The molecule has 4 rings (SSSR count). The van der Waals surface area contributed by atoms with Crippen LogP contribution >= 0.6 is 23.2 Å². The Bertz CT molecular complexity index is 1130. The predicted octanol–water partition coefficient (Wildman–Crippen LogP) is 7.07. The molecule has 132 valence electrons. The van der Waals surface area contributed by atoms with Crippen molar-refractivity contribution in [3.63, 3.8) is 0 Å². The summed E-state index contributed by atoms with van der Waals surface area (Å²) in [5, 5.41) is 6.14. The molecule has 4 aromatic carbocycles. The van der Waals surface area contributed by atoms with Crippen molar-refractivity contribution in [2.75, 3.05) is 5.32 Å². The molecule has 0 spiro atoms. The highest BCUT2D eigenvalue weighted by atomic mass is 35.5. The lowest BCUT2D eigenvalue weighted by Gasteiger charge is -2.14. The van der Waals surface area contributed by atoms with Gasteiger partial charge in [-0.1, -0.05) is 77.8 Å². The Morgan fingerprint density at radius 1 is 0.741 bits per heavy atom. The number of benzene rings is 4. The van der Waals surface area contributed by atoms with Crippen molar-refractivity contribution in [3.05, 3.63) is 101 Å². The zero-order valence-corrected chi connectivity index (χ0v) is 15.8. The smallest absolute Gasteiger partial charge is 0.257 e. The van der Waals surface area contributed by atoms with Gasteiger partial charge >= 0.3 is 0 Å². The standard InChI is InChI=1S/C23H15Cl2NO/c24-17-13-11-15(12-14-17)18-8-3-5-16-6-4-10-21(22(16)18)26-23(27)19-7-1-2-9-20(19)25/h1-14H,(H,26,27). The summed E-state index contributed by atoms with van der Waals surface area (Å²) in [6.45, 7) is 0. The van der Waals surface area contributed by atoms with Gasteiger partial charge in [-0.25, -0.2) is 0 Å². The van der Waals surface area contributed by atoms with E-state index < -0.39 is 0 Å². The van der Waals surface area contributed by atoms with Crippen molar-refractivity contribution in [2.45, 2.75) is 0 Å². The van der Waals surface area contributed by atoms with Crippen LogP contribution in [-0.4, -0.2) is 5.91 Å². The Kier molecular flexibility index (Phi) is 4.85. The van der Waals surface area contributed by atoms with Crippen LogP contribution in [-0.2, 0) is 0 Å². The van der Waals surface area contributed by atoms with Gasteiger partial charge in [-0.2, -0.15) is 0 Å². The highest BCUT2D eigenvalue weighted by molar-refractivity contribution is 6.34. The molecule has 0 aliphatic rings. The minimum Gasteiger partial charge on any atom is -0.321 e. The van der Waals surface area contributed by atoms with Gasteiger partial charge in [0.25, 0.3) is 5.91 Å². The van der Waals surface area contributed by atoms with E-state index in [1.807, 2.05) is 60.7 Å². The van der Waals surface area contributed by atoms with Crippen LogP contribution in [0.25, 0.3) is 21.9 Å². The lowest BCUT2D eigenvalue weighted by atomic mass is 9.97. The zero-order valence-electron chi connectivity index (χ0n) is 14.2. The maximum absolute atomic E-state index is 12.8. The summed E-state index contributed by atoms with van der Waals surface area (Å²) < 4.78 is 0. The minimum atomic E-state index is -0.237. The van der Waals surface area contributed by atoms with Gasteiger partial charge in [0.15, 0.2) is 0 Å². The first-order valence-electron chi connectivity index (χ1n) is 8.47. The van der Waals surface area contributed by atoms with E-state index in [1.54, 1.807) is 24.3 Å². The van der Waals surface area contributed by atoms with Gasteiger partial charge in [0.05, 0.1) is 10.6 Å². The Morgan fingerprint density at radius 2 is 1.44 bits per heavy atom. The van der Waals surface area contributed by atoms with Gasteiger partial charge in [0, 0.05) is 16.1 Å². The molecule has 4 heteroatoms. The molecule has 1 N–H and O–H groups in total. The normalized spacial score (nSPS) is 10.7. The number of carbonyl (C=O) groups excluding carboxylic acids is 1. The molecule has 0 saturated heterocycles. The van der Waals surface area contributed by atoms with Crippen molar-refractivity contribution in [1.82, 2.24) is 0 Å². The average molecular weight is 392 g/mol. The summed E-state index contributed by atoms with van der Waals surface area (Å²) in [6, 6.07) is 26.6. The summed E-state index contributed by atoms with van der Waals surface area (Å²) >= 11 is 12.2. The number of nitrogens with one attached hydrogen (secondary N) is 1. The monoisotopic (exact) mass is 391 g/mol. The average Bonchev–Trinajstić information content (AvgIpc) is 2.68. The molecule has 4 aromatic rings. The van der Waals surface area contributed by atoms with Gasteiger partial charge in [-0.15, -0.1) is 0 Å². The fourth-order valence-electron chi connectivity index (χ4n) is 3.15. The molecule has 27 heavy (non-hydrogen) atoms. The Morgan fingerprint density at radius 3 is 2.19 bits per heavy atom. The summed E-state index contributed by atoms with van der Waals surface area (Å²) in [5.74, 6) is -0.237. The summed E-state index contributed by atoms with van der Waals surface area (Å²) in [5.41, 5.74) is 3.24. The number of amides is 1. The predicted molar refractivity (Wildman–Crippen MR) is 114 cm³/mol. The van der Waals surface area contributed by atoms with E-state index in [0.29, 0.717) is 15.6 Å². The number of rotatable bonds is 3. The van der Waals surface area contributed by atoms with Crippen LogP contribution in [0.4, 0.5) is 5.69 Å². The van der Waals surface area contributed by atoms with Gasteiger partial charge in [0.1, 0.15) is 0 Å². The first-order chi connectivity index (χ1) is 13.1. The first kappa shape index (κ1) is 17.6. The van der Waals surface area contributed by atoms with Crippen molar-refractivity contribution in [1.29, 1.82) is 0 Å². The van der Waals surface area contributed by atoms with Crippen LogP contribution in [0.15, 0.2) is 84.9 Å². The molecule has 0 bridgehead atoms. The Hall–Kier alpha value is -2.81. The van der Waals surface area contributed by atoms with Crippen LogP contribution in [0.2, 0.25) is 10.0 Å². The Balaban J connectivity index is 1.83. The second-order valence-corrected chi connectivity index (χ2v) is 6.99. The molecule has 2 nitrogen and oxygen atoms in total. The fraction of sp³-hybridized carbons (Fsp3) is 0. The molecule has 1 amide bonds. The maximum atomic E-state index is 12.8. The SMILES string of the molecule is O=C(Nc1cccc2cccc(-c3ccc(Cl)cc3)c12)c1ccccc1Cl. The number of anilines is 1. The molecule has 0 unspecified atom stereocenters. The van der Waals surface area contributed by atoms with Gasteiger partial charge in [-0.05, 0) is 46.8 Å². The quantitative estimate of drug-likeness (QED) is 0.397. The first-order valence-corrected chi connectivity index (χ1v) is 9.22. The minimum absolute atomic E-state index is 0.237. The third kappa shape index (κ3) is 3.55. The summed E-state index contributed by atoms with van der Waals surface area (Å²) in [6.07, 6.45) is 0. The lowest BCUT2D eigenvalue weighted by Crippen LogP contribution is -2.12. The highest BCUT2D eigenvalue weighted by Crippen LogP contribution is 2.35. The van der Waals surface area contributed by atoms with Gasteiger partial charge in [0.2, 0.25) is 0 Å². The van der Waals surface area contributed by atoms with E-state index in [1.165, 1.54) is 0 Å². The van der Waals surface area contributed by atoms with Crippen LogP contribution in [0, 0.1) is 0 Å². The van der Waals surface area contributed by atoms with E-state index in [9.17, 15) is 4.79 Å². The number of carbonyl (C=O) groups is 1. The molecule has 0 aliphatic heterocycles. The van der Waals surface area contributed by atoms with E-state index >= 15 is 0 Å². The molecule has 0 atom stereocenters. The third-order valence-electron chi connectivity index (χ3n) is 4.43. The van der Waals surface area contributed by atoms with E-state index in [-0.39, 0.29) is 5.91 Å². The second kappa shape index (κ2) is 7.43. The van der Waals surface area contributed by atoms with Crippen molar-refractivity contribution in [3.8, 4) is 11.1 Å². The van der Waals surface area contributed by atoms with Crippen molar-refractivity contribution >= 4 is 45.6 Å². The van der Waals surface area contributed by atoms with E-state index in [4.69, 9.17) is 23.2 Å². The second-order valence-electron chi connectivity index (χ2n) is 6.15. The summed E-state index contributed by atoms with van der Waals surface area (Å²) in [4.78, 5) is 12.8. The van der Waals surface area contributed by atoms with Crippen molar-refractivity contribution < 1.29 is 4.79 Å². The largest absolute Gasteiger partial charge is 0.321 e. The number of hydrogen-bond acceptors (Lipinski definition) is 1. The zero-order chi connectivity index (χ0) is 18.8.